The summed E-state index contributed by atoms with van der Waals surface area (Å²) in [5.41, 5.74) is 0.724. The van der Waals surface area contributed by atoms with Gasteiger partial charge in [-0.1, -0.05) is 30.4 Å². The van der Waals surface area contributed by atoms with Crippen molar-refractivity contribution >= 4 is 38.8 Å². The Morgan fingerprint density at radius 3 is 2.56 bits per heavy atom. The van der Waals surface area contributed by atoms with Crippen LogP contribution in [0.1, 0.15) is 22.4 Å². The van der Waals surface area contributed by atoms with Crippen LogP contribution < -0.4 is 4.80 Å². The van der Waals surface area contributed by atoms with E-state index in [0.717, 1.165) is 9.58 Å². The molecule has 0 fully saturated rings. The van der Waals surface area contributed by atoms with Gasteiger partial charge in [0.05, 0.1) is 10.6 Å². The molecule has 2 aromatic heterocycles. The number of alkyl halides is 3. The molecule has 0 aliphatic rings. The van der Waals surface area contributed by atoms with Gasteiger partial charge in [0.1, 0.15) is 5.69 Å². The second-order valence-corrected chi connectivity index (χ2v) is 10.5. The molecule has 1 aromatic carbocycles. The zero-order valence-corrected chi connectivity index (χ0v) is 19.5. The molecular formula is C19H17F3N4O3S3. The van der Waals surface area contributed by atoms with Gasteiger partial charge in [0.2, 0.25) is 9.81 Å². The molecule has 32 heavy (non-hydrogen) atoms. The van der Waals surface area contributed by atoms with Crippen LogP contribution in [0.2, 0.25) is 0 Å². The summed E-state index contributed by atoms with van der Waals surface area (Å²) in [6.07, 6.45) is -1.46. The minimum Gasteiger partial charge on any atom is -0.265 e. The third-order valence-electron chi connectivity index (χ3n) is 4.32. The number of thioether (sulfide) groups is 1. The summed E-state index contributed by atoms with van der Waals surface area (Å²) in [7, 11) is -2.68. The van der Waals surface area contributed by atoms with Gasteiger partial charge in [-0.25, -0.2) is 18.1 Å². The highest BCUT2D eigenvalue weighted by Crippen LogP contribution is 2.29. The highest BCUT2D eigenvalue weighted by molar-refractivity contribution is 7.98. The fraction of sp³-hybridized carbons (Fsp3) is 0.263. The first kappa shape index (κ1) is 24.1. The number of pyridine rings is 1. The van der Waals surface area contributed by atoms with Gasteiger partial charge in [-0.15, -0.1) is 11.8 Å². The van der Waals surface area contributed by atoms with Crippen molar-refractivity contribution < 1.29 is 26.4 Å². The molecule has 0 N–H and O–H groups in total. The topological polar surface area (TPSA) is 94.3 Å². The van der Waals surface area contributed by atoms with Gasteiger partial charge >= 0.3 is 6.18 Å². The summed E-state index contributed by atoms with van der Waals surface area (Å²) >= 11 is 1.68. The molecule has 3 rings (SSSR count). The standard InChI is InChI=1S/C19H17F3N4O3S3/c1-4-32(28,29)14-9-12(11-6-5-7-13(8-11)30-3)10-23-15(14)16(27)24-18-26(2)25-17(31-18)19(20,21)22/h5-10H,4H2,1-3H3. The summed E-state index contributed by atoms with van der Waals surface area (Å²) in [5, 5.41) is 2.13. The number of nitrogens with zero attached hydrogens (tertiary/aromatic N) is 4. The van der Waals surface area contributed by atoms with Crippen LogP contribution in [0.4, 0.5) is 13.2 Å². The van der Waals surface area contributed by atoms with Crippen LogP contribution in [-0.4, -0.2) is 41.1 Å². The molecule has 0 spiro atoms. The Bertz CT molecular complexity index is 1350. The molecule has 0 bridgehead atoms. The molecule has 7 nitrogen and oxygen atoms in total. The first-order valence-electron chi connectivity index (χ1n) is 9.04. The minimum atomic E-state index is -4.69. The summed E-state index contributed by atoms with van der Waals surface area (Å²) in [6.45, 7) is 1.42. The lowest BCUT2D eigenvalue weighted by Crippen LogP contribution is -2.18. The Morgan fingerprint density at radius 2 is 1.97 bits per heavy atom. The number of hydrogen-bond donors (Lipinski definition) is 0. The fourth-order valence-electron chi connectivity index (χ4n) is 2.66. The van der Waals surface area contributed by atoms with Crippen LogP contribution in [0.5, 0.6) is 0 Å². The molecule has 0 aliphatic heterocycles. The van der Waals surface area contributed by atoms with Gasteiger partial charge in [-0.2, -0.15) is 23.3 Å². The number of hydrogen-bond acceptors (Lipinski definition) is 7. The van der Waals surface area contributed by atoms with Gasteiger partial charge in [-0.3, -0.25) is 4.79 Å². The lowest BCUT2D eigenvalue weighted by atomic mass is 10.1. The highest BCUT2D eigenvalue weighted by Gasteiger charge is 2.35. The van der Waals surface area contributed by atoms with Crippen molar-refractivity contribution in [2.45, 2.75) is 22.9 Å². The van der Waals surface area contributed by atoms with E-state index in [1.807, 2.05) is 24.5 Å². The molecule has 2 heterocycles. The number of carbonyl (C=O) groups is 1. The van der Waals surface area contributed by atoms with Crippen LogP contribution in [0.3, 0.4) is 0 Å². The maximum atomic E-state index is 12.9. The van der Waals surface area contributed by atoms with Crippen molar-refractivity contribution in [2.24, 2.45) is 12.0 Å². The number of aromatic nitrogens is 3. The maximum absolute atomic E-state index is 12.9. The van der Waals surface area contributed by atoms with E-state index in [0.29, 0.717) is 11.1 Å². The number of rotatable bonds is 5. The Kier molecular flexibility index (Phi) is 6.91. The van der Waals surface area contributed by atoms with Crippen LogP contribution in [0.25, 0.3) is 11.1 Å². The zero-order chi connectivity index (χ0) is 23.7. The Balaban J connectivity index is 2.14. The molecule has 3 aromatic rings. The number of halogens is 3. The van der Waals surface area contributed by atoms with Crippen molar-refractivity contribution in [3.63, 3.8) is 0 Å². The molecule has 0 saturated carbocycles. The number of sulfone groups is 1. The SMILES string of the molecule is CCS(=O)(=O)c1cc(-c2cccc(SC)c2)cnc1C(=O)N=c1sc(C(F)(F)F)nn1C. The molecule has 1 amide bonds. The van der Waals surface area contributed by atoms with E-state index in [1.54, 1.807) is 6.07 Å². The predicted octanol–water partition coefficient (Wildman–Crippen LogP) is 3.82. The zero-order valence-electron chi connectivity index (χ0n) is 17.0. The van der Waals surface area contributed by atoms with E-state index in [2.05, 4.69) is 15.1 Å². The van der Waals surface area contributed by atoms with Crippen LogP contribution in [0, 0.1) is 0 Å². The van der Waals surface area contributed by atoms with Crippen molar-refractivity contribution in [3.05, 3.63) is 52.0 Å². The maximum Gasteiger partial charge on any atom is 0.445 e. The monoisotopic (exact) mass is 502 g/mol. The molecule has 0 aliphatic carbocycles. The molecule has 0 atom stereocenters. The van der Waals surface area contributed by atoms with Crippen molar-refractivity contribution in [2.75, 3.05) is 12.0 Å². The first-order valence-corrected chi connectivity index (χ1v) is 12.7. The minimum absolute atomic E-state index is 0.172. The summed E-state index contributed by atoms with van der Waals surface area (Å²) in [6, 6.07) is 8.67. The second-order valence-electron chi connectivity index (χ2n) is 6.43. The van der Waals surface area contributed by atoms with Gasteiger partial charge < -0.3 is 0 Å². The average molecular weight is 503 g/mol. The van der Waals surface area contributed by atoms with E-state index in [-0.39, 0.29) is 26.8 Å². The quantitative estimate of drug-likeness (QED) is 0.493. The van der Waals surface area contributed by atoms with Crippen molar-refractivity contribution in [1.82, 2.24) is 14.8 Å². The normalized spacial score (nSPS) is 12.9. The second kappa shape index (κ2) is 9.16. The smallest absolute Gasteiger partial charge is 0.265 e. The number of carbonyl (C=O) groups excluding carboxylic acids is 1. The average Bonchev–Trinajstić information content (AvgIpc) is 3.14. The largest absolute Gasteiger partial charge is 0.445 e. The van der Waals surface area contributed by atoms with Crippen molar-refractivity contribution in [1.29, 1.82) is 0 Å². The lowest BCUT2D eigenvalue weighted by Gasteiger charge is -2.09. The molecule has 0 saturated heterocycles. The van der Waals surface area contributed by atoms with Crippen LogP contribution in [0.15, 0.2) is 51.3 Å². The number of aryl methyl sites for hydroxylation is 1. The third kappa shape index (κ3) is 5.10. The molecule has 0 unspecified atom stereocenters. The van der Waals surface area contributed by atoms with E-state index in [4.69, 9.17) is 0 Å². The van der Waals surface area contributed by atoms with E-state index >= 15 is 0 Å². The first-order chi connectivity index (χ1) is 15.0. The highest BCUT2D eigenvalue weighted by atomic mass is 32.2. The molecule has 13 heteroatoms. The third-order valence-corrected chi connectivity index (χ3v) is 7.83. The fourth-order valence-corrected chi connectivity index (χ4v) is 4.92. The van der Waals surface area contributed by atoms with Crippen molar-refractivity contribution in [3.8, 4) is 11.1 Å². The van der Waals surface area contributed by atoms with Gasteiger partial charge in [-0.05, 0) is 30.0 Å². The predicted molar refractivity (Wildman–Crippen MR) is 115 cm³/mol. The van der Waals surface area contributed by atoms with E-state index in [9.17, 15) is 26.4 Å². The molecular weight excluding hydrogens is 485 g/mol. The lowest BCUT2D eigenvalue weighted by molar-refractivity contribution is -0.138. The number of benzene rings is 1. The molecule has 0 radical (unpaired) electrons. The number of amides is 1. The summed E-state index contributed by atoms with van der Waals surface area (Å²) in [4.78, 5) is 20.7. The Labute approximate surface area is 190 Å². The molecule has 170 valence electrons. The Morgan fingerprint density at radius 1 is 1.25 bits per heavy atom. The van der Waals surface area contributed by atoms with Gasteiger partial charge in [0.15, 0.2) is 9.84 Å². The van der Waals surface area contributed by atoms with Crippen LogP contribution in [-0.2, 0) is 23.1 Å². The van der Waals surface area contributed by atoms with Gasteiger partial charge in [0.25, 0.3) is 5.91 Å². The van der Waals surface area contributed by atoms with Gasteiger partial charge in [0, 0.05) is 23.7 Å². The Hall–Kier alpha value is -2.51. The summed E-state index contributed by atoms with van der Waals surface area (Å²) < 4.78 is 64.8. The van der Waals surface area contributed by atoms with E-state index < -0.39 is 32.6 Å². The van der Waals surface area contributed by atoms with E-state index in [1.165, 1.54) is 38.0 Å². The van der Waals surface area contributed by atoms with Crippen LogP contribution >= 0.6 is 23.1 Å². The summed E-state index contributed by atoms with van der Waals surface area (Å²) in [5.74, 6) is -1.37.